The molecule has 1 heterocycles. The molecule has 96 valence electrons. The fourth-order valence-electron chi connectivity index (χ4n) is 1.50. The zero-order valence-corrected chi connectivity index (χ0v) is 11.0. The number of aromatic nitrogens is 1. The van der Waals surface area contributed by atoms with Gasteiger partial charge in [-0.15, -0.1) is 0 Å². The molecule has 0 saturated heterocycles. The first kappa shape index (κ1) is 13.8. The first-order chi connectivity index (χ1) is 8.11. The number of hydrogen-bond acceptors (Lipinski definition) is 2. The monoisotopic (exact) mass is 237 g/mol. The molecular weight excluding hydrogens is 214 g/mol. The second-order valence-electron chi connectivity index (χ2n) is 4.67. The van der Waals surface area contributed by atoms with E-state index in [2.05, 4.69) is 31.4 Å². The second kappa shape index (κ2) is 7.12. The van der Waals surface area contributed by atoms with Crippen LogP contribution < -0.4 is 10.6 Å². The molecular formula is C13H23N3O. The Morgan fingerprint density at radius 1 is 1.47 bits per heavy atom. The quantitative estimate of drug-likeness (QED) is 0.752. The number of nitrogens with one attached hydrogen (secondary N) is 2. The molecule has 0 aliphatic heterocycles. The number of amides is 1. The Morgan fingerprint density at radius 3 is 2.88 bits per heavy atom. The summed E-state index contributed by atoms with van der Waals surface area (Å²) in [6.07, 6.45) is 3.96. The molecule has 2 N–H and O–H groups in total. The second-order valence-corrected chi connectivity index (χ2v) is 4.67. The zero-order valence-electron chi connectivity index (χ0n) is 11.0. The maximum absolute atomic E-state index is 11.6. The highest BCUT2D eigenvalue weighted by atomic mass is 16.1. The molecule has 0 aliphatic rings. The molecule has 4 nitrogen and oxygen atoms in total. The fraction of sp³-hybridized carbons (Fsp3) is 0.615. The van der Waals surface area contributed by atoms with E-state index in [0.29, 0.717) is 12.5 Å². The molecule has 0 unspecified atom stereocenters. The molecule has 1 aromatic heterocycles. The van der Waals surface area contributed by atoms with Gasteiger partial charge in [0.05, 0.1) is 0 Å². The van der Waals surface area contributed by atoms with Crippen molar-refractivity contribution in [3.63, 3.8) is 0 Å². The van der Waals surface area contributed by atoms with E-state index < -0.39 is 0 Å². The van der Waals surface area contributed by atoms with E-state index in [1.807, 2.05) is 23.0 Å². The predicted octanol–water partition coefficient (Wildman–Crippen LogP) is 1.37. The van der Waals surface area contributed by atoms with Gasteiger partial charge < -0.3 is 15.2 Å². The van der Waals surface area contributed by atoms with E-state index in [0.717, 1.165) is 19.6 Å². The maximum atomic E-state index is 11.6. The maximum Gasteiger partial charge on any atom is 0.239 e. The van der Waals surface area contributed by atoms with Gasteiger partial charge in [-0.1, -0.05) is 20.8 Å². The fourth-order valence-corrected chi connectivity index (χ4v) is 1.50. The van der Waals surface area contributed by atoms with Crippen LogP contribution in [-0.2, 0) is 17.9 Å². The molecule has 0 aromatic carbocycles. The van der Waals surface area contributed by atoms with E-state index >= 15 is 0 Å². The van der Waals surface area contributed by atoms with Crippen molar-refractivity contribution in [2.75, 3.05) is 13.1 Å². The third kappa shape index (κ3) is 5.54. The molecule has 0 aliphatic carbocycles. The van der Waals surface area contributed by atoms with E-state index in [1.165, 1.54) is 5.56 Å². The molecule has 1 amide bonds. The van der Waals surface area contributed by atoms with E-state index in [4.69, 9.17) is 0 Å². The van der Waals surface area contributed by atoms with E-state index in [1.54, 1.807) is 0 Å². The first-order valence-corrected chi connectivity index (χ1v) is 6.24. The molecule has 0 bridgehead atoms. The van der Waals surface area contributed by atoms with Gasteiger partial charge in [0.1, 0.15) is 6.54 Å². The van der Waals surface area contributed by atoms with Crippen LogP contribution >= 0.6 is 0 Å². The van der Waals surface area contributed by atoms with Crippen molar-refractivity contribution in [1.29, 1.82) is 0 Å². The van der Waals surface area contributed by atoms with Crippen molar-refractivity contribution < 1.29 is 4.79 Å². The Morgan fingerprint density at radius 2 is 2.24 bits per heavy atom. The summed E-state index contributed by atoms with van der Waals surface area (Å²) >= 11 is 0. The van der Waals surface area contributed by atoms with Crippen LogP contribution in [-0.4, -0.2) is 23.6 Å². The van der Waals surface area contributed by atoms with E-state index in [-0.39, 0.29) is 5.91 Å². The summed E-state index contributed by atoms with van der Waals surface area (Å²) in [4.78, 5) is 11.6. The summed E-state index contributed by atoms with van der Waals surface area (Å²) in [5.41, 5.74) is 1.21. The van der Waals surface area contributed by atoms with Gasteiger partial charge in [-0.05, 0) is 24.1 Å². The highest BCUT2D eigenvalue weighted by Crippen LogP contribution is 2.00. The first-order valence-electron chi connectivity index (χ1n) is 6.24. The number of nitrogens with zero attached hydrogens (tertiary/aromatic N) is 1. The average molecular weight is 237 g/mol. The van der Waals surface area contributed by atoms with Crippen LogP contribution in [0.5, 0.6) is 0 Å². The predicted molar refractivity (Wildman–Crippen MR) is 69.7 cm³/mol. The molecule has 0 atom stereocenters. The molecule has 4 heteroatoms. The Kier molecular flexibility index (Phi) is 5.77. The Balaban J connectivity index is 2.35. The van der Waals surface area contributed by atoms with Crippen LogP contribution in [0.25, 0.3) is 0 Å². The molecule has 0 spiro atoms. The van der Waals surface area contributed by atoms with Crippen molar-refractivity contribution in [3.8, 4) is 0 Å². The molecule has 0 radical (unpaired) electrons. The minimum Gasteiger partial charge on any atom is -0.354 e. The number of carbonyl (C=O) groups excluding carboxylic acids is 1. The lowest BCUT2D eigenvalue weighted by Crippen LogP contribution is -2.30. The van der Waals surface area contributed by atoms with Crippen LogP contribution in [0.15, 0.2) is 18.5 Å². The van der Waals surface area contributed by atoms with Gasteiger partial charge in [0.15, 0.2) is 0 Å². The minimum absolute atomic E-state index is 0.0734. The van der Waals surface area contributed by atoms with Gasteiger partial charge in [0.2, 0.25) is 5.91 Å². The number of carbonyl (C=O) groups is 1. The Bertz CT molecular complexity index is 344. The lowest BCUT2D eigenvalue weighted by atomic mass is 10.2. The van der Waals surface area contributed by atoms with Gasteiger partial charge in [0, 0.05) is 25.5 Å². The average Bonchev–Trinajstić information content (AvgIpc) is 2.71. The standard InChI is InChI=1S/C13H23N3O/c1-4-14-8-12-5-6-16(9-12)10-13(17)15-7-11(2)3/h5-6,9,11,14H,4,7-8,10H2,1-3H3,(H,15,17). The SMILES string of the molecule is CCNCc1ccn(CC(=O)NCC(C)C)c1. The number of rotatable bonds is 7. The van der Waals surface area contributed by atoms with Gasteiger partial charge in [-0.2, -0.15) is 0 Å². The largest absolute Gasteiger partial charge is 0.354 e. The van der Waals surface area contributed by atoms with Crippen molar-refractivity contribution in [2.24, 2.45) is 5.92 Å². The van der Waals surface area contributed by atoms with Crippen molar-refractivity contribution in [2.45, 2.75) is 33.9 Å². The van der Waals surface area contributed by atoms with Gasteiger partial charge in [0.25, 0.3) is 0 Å². The highest BCUT2D eigenvalue weighted by molar-refractivity contribution is 5.75. The summed E-state index contributed by atoms with van der Waals surface area (Å²) in [5, 5.41) is 6.17. The van der Waals surface area contributed by atoms with Crippen LogP contribution in [0.2, 0.25) is 0 Å². The molecule has 17 heavy (non-hydrogen) atoms. The lowest BCUT2D eigenvalue weighted by molar-refractivity contribution is -0.121. The Labute approximate surface area is 103 Å². The van der Waals surface area contributed by atoms with Crippen LogP contribution in [0.4, 0.5) is 0 Å². The van der Waals surface area contributed by atoms with E-state index in [9.17, 15) is 4.79 Å². The third-order valence-corrected chi connectivity index (χ3v) is 2.42. The Hall–Kier alpha value is -1.29. The number of hydrogen-bond donors (Lipinski definition) is 2. The summed E-state index contributed by atoms with van der Waals surface area (Å²) in [7, 11) is 0. The normalized spacial score (nSPS) is 10.8. The van der Waals surface area contributed by atoms with Crippen LogP contribution in [0.1, 0.15) is 26.3 Å². The summed E-state index contributed by atoms with van der Waals surface area (Å²) in [6.45, 7) is 9.21. The van der Waals surface area contributed by atoms with Gasteiger partial charge in [-0.3, -0.25) is 4.79 Å². The van der Waals surface area contributed by atoms with Crippen molar-refractivity contribution in [1.82, 2.24) is 15.2 Å². The third-order valence-electron chi connectivity index (χ3n) is 2.42. The highest BCUT2D eigenvalue weighted by Gasteiger charge is 2.03. The lowest BCUT2D eigenvalue weighted by Gasteiger charge is -2.08. The van der Waals surface area contributed by atoms with Gasteiger partial charge >= 0.3 is 0 Å². The van der Waals surface area contributed by atoms with Crippen LogP contribution in [0.3, 0.4) is 0 Å². The zero-order chi connectivity index (χ0) is 12.7. The minimum atomic E-state index is 0.0734. The summed E-state index contributed by atoms with van der Waals surface area (Å²) in [6, 6.07) is 2.04. The molecule has 0 saturated carbocycles. The van der Waals surface area contributed by atoms with Crippen molar-refractivity contribution in [3.05, 3.63) is 24.0 Å². The summed E-state index contributed by atoms with van der Waals surface area (Å²) < 4.78 is 1.92. The molecule has 0 fully saturated rings. The topological polar surface area (TPSA) is 46.1 Å². The van der Waals surface area contributed by atoms with Crippen LogP contribution in [0, 0.1) is 5.92 Å². The molecule has 1 aromatic rings. The smallest absolute Gasteiger partial charge is 0.239 e. The van der Waals surface area contributed by atoms with Crippen molar-refractivity contribution >= 4 is 5.91 Å². The molecule has 1 rings (SSSR count). The van der Waals surface area contributed by atoms with Gasteiger partial charge in [-0.25, -0.2) is 0 Å². The summed E-state index contributed by atoms with van der Waals surface area (Å²) in [5.74, 6) is 0.567.